The van der Waals surface area contributed by atoms with Crippen molar-refractivity contribution in [3.63, 3.8) is 0 Å². The second kappa shape index (κ2) is 5.71. The predicted molar refractivity (Wildman–Crippen MR) is 69.5 cm³/mol. The SMILES string of the molecule is COC(=O)CC(C)(CN)c1ccc(Cl)c(Cl)c1. The number of nitrogens with two attached hydrogens (primary N) is 1. The van der Waals surface area contributed by atoms with Crippen molar-refractivity contribution in [2.24, 2.45) is 5.73 Å². The standard InChI is InChI=1S/C12H15Cl2NO2/c1-12(7-15,6-11(16)17-2)8-3-4-9(13)10(14)5-8/h3-5H,6-7,15H2,1-2H3. The minimum atomic E-state index is -0.499. The third-order valence-corrected chi connectivity index (χ3v) is 3.57. The average molecular weight is 276 g/mol. The number of halogens is 2. The molecule has 0 fully saturated rings. The molecular formula is C12H15Cl2NO2. The molecule has 0 saturated carbocycles. The summed E-state index contributed by atoms with van der Waals surface area (Å²) < 4.78 is 4.67. The maximum Gasteiger partial charge on any atom is 0.306 e. The number of hydrogen-bond acceptors (Lipinski definition) is 3. The van der Waals surface area contributed by atoms with Gasteiger partial charge >= 0.3 is 5.97 Å². The normalized spacial score (nSPS) is 14.2. The largest absolute Gasteiger partial charge is 0.469 e. The number of carbonyl (C=O) groups excluding carboxylic acids is 1. The van der Waals surface area contributed by atoms with E-state index in [1.165, 1.54) is 7.11 Å². The van der Waals surface area contributed by atoms with Gasteiger partial charge in [0.05, 0.1) is 23.6 Å². The lowest BCUT2D eigenvalue weighted by molar-refractivity contribution is -0.141. The Hall–Kier alpha value is -0.770. The third-order valence-electron chi connectivity index (χ3n) is 2.83. The Morgan fingerprint density at radius 2 is 2.06 bits per heavy atom. The molecule has 0 spiro atoms. The monoisotopic (exact) mass is 275 g/mol. The zero-order valence-electron chi connectivity index (χ0n) is 9.80. The zero-order chi connectivity index (χ0) is 13.1. The number of ether oxygens (including phenoxy) is 1. The van der Waals surface area contributed by atoms with Crippen LogP contribution in [-0.4, -0.2) is 19.6 Å². The smallest absolute Gasteiger partial charge is 0.306 e. The molecule has 0 heterocycles. The Labute approximate surface area is 111 Å². The maximum atomic E-state index is 11.4. The van der Waals surface area contributed by atoms with Crippen LogP contribution in [0, 0.1) is 0 Å². The first kappa shape index (κ1) is 14.3. The van der Waals surface area contributed by atoms with E-state index < -0.39 is 5.41 Å². The van der Waals surface area contributed by atoms with Crippen LogP contribution in [0.2, 0.25) is 10.0 Å². The summed E-state index contributed by atoms with van der Waals surface area (Å²) in [5.41, 5.74) is 6.12. The summed E-state index contributed by atoms with van der Waals surface area (Å²) in [6.45, 7) is 2.21. The topological polar surface area (TPSA) is 52.3 Å². The van der Waals surface area contributed by atoms with Crippen LogP contribution >= 0.6 is 23.2 Å². The predicted octanol–water partition coefficient (Wildman–Crippen LogP) is 2.77. The fourth-order valence-electron chi connectivity index (χ4n) is 1.55. The molecule has 1 atom stereocenters. The van der Waals surface area contributed by atoms with Crippen molar-refractivity contribution in [2.45, 2.75) is 18.8 Å². The summed E-state index contributed by atoms with van der Waals surface area (Å²) in [7, 11) is 1.36. The van der Waals surface area contributed by atoms with E-state index in [-0.39, 0.29) is 12.4 Å². The lowest BCUT2D eigenvalue weighted by atomic mass is 9.79. The molecule has 0 saturated heterocycles. The van der Waals surface area contributed by atoms with E-state index >= 15 is 0 Å². The van der Waals surface area contributed by atoms with Crippen molar-refractivity contribution < 1.29 is 9.53 Å². The summed E-state index contributed by atoms with van der Waals surface area (Å²) in [5.74, 6) is -0.302. The highest BCUT2D eigenvalue weighted by molar-refractivity contribution is 6.42. The van der Waals surface area contributed by atoms with Crippen molar-refractivity contribution in [3.05, 3.63) is 33.8 Å². The van der Waals surface area contributed by atoms with Gasteiger partial charge in [-0.1, -0.05) is 36.2 Å². The van der Waals surface area contributed by atoms with Crippen LogP contribution < -0.4 is 5.73 Å². The fourth-order valence-corrected chi connectivity index (χ4v) is 1.85. The molecule has 0 aliphatic heterocycles. The van der Waals surface area contributed by atoms with Crippen molar-refractivity contribution in [1.29, 1.82) is 0 Å². The molecule has 1 aromatic rings. The van der Waals surface area contributed by atoms with Gasteiger partial charge in [0.25, 0.3) is 0 Å². The first-order chi connectivity index (χ1) is 7.92. The fraction of sp³-hybridized carbons (Fsp3) is 0.417. The van der Waals surface area contributed by atoms with Crippen LogP contribution in [0.25, 0.3) is 0 Å². The summed E-state index contributed by atoms with van der Waals surface area (Å²) in [6.07, 6.45) is 0.206. The van der Waals surface area contributed by atoms with Gasteiger partial charge in [-0.2, -0.15) is 0 Å². The van der Waals surface area contributed by atoms with Crippen LogP contribution in [0.3, 0.4) is 0 Å². The summed E-state index contributed by atoms with van der Waals surface area (Å²) in [6, 6.07) is 5.26. The first-order valence-electron chi connectivity index (χ1n) is 5.15. The molecule has 94 valence electrons. The van der Waals surface area contributed by atoms with Crippen LogP contribution in [0.1, 0.15) is 18.9 Å². The van der Waals surface area contributed by atoms with Gasteiger partial charge < -0.3 is 10.5 Å². The van der Waals surface area contributed by atoms with Gasteiger partial charge in [-0.3, -0.25) is 4.79 Å². The van der Waals surface area contributed by atoms with E-state index in [1.807, 2.05) is 13.0 Å². The third kappa shape index (κ3) is 3.35. The van der Waals surface area contributed by atoms with E-state index in [2.05, 4.69) is 4.74 Å². The molecular weight excluding hydrogens is 261 g/mol. The summed E-state index contributed by atoms with van der Waals surface area (Å²) in [5, 5.41) is 0.932. The lowest BCUT2D eigenvalue weighted by Crippen LogP contribution is -2.34. The molecule has 5 heteroatoms. The molecule has 1 aromatic carbocycles. The number of methoxy groups -OCH3 is 1. The van der Waals surface area contributed by atoms with E-state index in [4.69, 9.17) is 28.9 Å². The Kier molecular flexibility index (Phi) is 4.80. The van der Waals surface area contributed by atoms with Gasteiger partial charge in [-0.25, -0.2) is 0 Å². The Balaban J connectivity index is 3.07. The number of benzene rings is 1. The molecule has 0 radical (unpaired) electrons. The van der Waals surface area contributed by atoms with Gasteiger partial charge in [-0.15, -0.1) is 0 Å². The quantitative estimate of drug-likeness (QED) is 0.860. The first-order valence-corrected chi connectivity index (χ1v) is 5.91. The van der Waals surface area contributed by atoms with Crippen molar-refractivity contribution >= 4 is 29.2 Å². The second-order valence-electron chi connectivity index (χ2n) is 4.15. The molecule has 0 aromatic heterocycles. The summed E-state index contributed by atoms with van der Waals surface area (Å²) >= 11 is 11.8. The lowest BCUT2D eigenvalue weighted by Gasteiger charge is -2.27. The molecule has 0 bridgehead atoms. The van der Waals surface area contributed by atoms with E-state index in [0.29, 0.717) is 16.6 Å². The van der Waals surface area contributed by atoms with Crippen molar-refractivity contribution in [3.8, 4) is 0 Å². The minimum absolute atomic E-state index is 0.206. The molecule has 3 nitrogen and oxygen atoms in total. The van der Waals surface area contributed by atoms with Gasteiger partial charge in [0.15, 0.2) is 0 Å². The minimum Gasteiger partial charge on any atom is -0.469 e. The van der Waals surface area contributed by atoms with E-state index in [9.17, 15) is 4.79 Å². The number of esters is 1. The van der Waals surface area contributed by atoms with Crippen LogP contribution in [0.5, 0.6) is 0 Å². The summed E-state index contributed by atoms with van der Waals surface area (Å²) in [4.78, 5) is 11.4. The molecule has 1 unspecified atom stereocenters. The molecule has 17 heavy (non-hydrogen) atoms. The Bertz CT molecular complexity index is 423. The van der Waals surface area contributed by atoms with Crippen LogP contribution in [0.15, 0.2) is 18.2 Å². The van der Waals surface area contributed by atoms with Gasteiger partial charge in [-0.05, 0) is 17.7 Å². The zero-order valence-corrected chi connectivity index (χ0v) is 11.3. The highest BCUT2D eigenvalue weighted by Gasteiger charge is 2.29. The number of rotatable bonds is 4. The molecule has 0 aliphatic carbocycles. The van der Waals surface area contributed by atoms with Crippen molar-refractivity contribution in [2.75, 3.05) is 13.7 Å². The van der Waals surface area contributed by atoms with Crippen LogP contribution in [-0.2, 0) is 14.9 Å². The van der Waals surface area contributed by atoms with Gasteiger partial charge in [0, 0.05) is 12.0 Å². The molecule has 0 aliphatic rings. The Morgan fingerprint density at radius 1 is 1.41 bits per heavy atom. The highest BCUT2D eigenvalue weighted by Crippen LogP contribution is 2.32. The average Bonchev–Trinajstić information content (AvgIpc) is 2.32. The van der Waals surface area contributed by atoms with Gasteiger partial charge in [0.1, 0.15) is 0 Å². The molecule has 1 rings (SSSR count). The Morgan fingerprint density at radius 3 is 2.53 bits per heavy atom. The number of carbonyl (C=O) groups is 1. The van der Waals surface area contributed by atoms with Gasteiger partial charge in [0.2, 0.25) is 0 Å². The molecule has 0 amide bonds. The van der Waals surface area contributed by atoms with Crippen molar-refractivity contribution in [1.82, 2.24) is 0 Å². The maximum absolute atomic E-state index is 11.4. The molecule has 2 N–H and O–H groups in total. The highest BCUT2D eigenvalue weighted by atomic mass is 35.5. The number of hydrogen-bond donors (Lipinski definition) is 1. The van der Waals surface area contributed by atoms with Crippen LogP contribution in [0.4, 0.5) is 0 Å². The van der Waals surface area contributed by atoms with E-state index in [1.54, 1.807) is 12.1 Å². The second-order valence-corrected chi connectivity index (χ2v) is 4.96. The van der Waals surface area contributed by atoms with E-state index in [0.717, 1.165) is 5.56 Å².